The number of halogens is 3. The summed E-state index contributed by atoms with van der Waals surface area (Å²) in [4.78, 5) is 28.4. The van der Waals surface area contributed by atoms with Crippen LogP contribution >= 0.6 is 0 Å². The smallest absolute Gasteiger partial charge is 0.416 e. The van der Waals surface area contributed by atoms with E-state index in [2.05, 4.69) is 30.5 Å². The van der Waals surface area contributed by atoms with Gasteiger partial charge in [-0.2, -0.15) is 13.2 Å². The van der Waals surface area contributed by atoms with Crippen LogP contribution in [0.1, 0.15) is 34.3 Å². The molecule has 43 heavy (non-hydrogen) atoms. The van der Waals surface area contributed by atoms with Crippen molar-refractivity contribution in [2.75, 3.05) is 37.9 Å². The molecule has 0 spiro atoms. The Kier molecular flexibility index (Phi) is 8.76. The maximum atomic E-state index is 13.7. The van der Waals surface area contributed by atoms with E-state index in [0.717, 1.165) is 31.5 Å². The average molecular weight is 593 g/mol. The molecule has 9 nitrogen and oxygen atoms in total. The van der Waals surface area contributed by atoms with Gasteiger partial charge in [0, 0.05) is 48.4 Å². The molecule has 2 aromatic heterocycles. The maximum Gasteiger partial charge on any atom is 0.416 e. The molecule has 0 saturated carbocycles. The number of alkyl halides is 3. The molecule has 1 saturated heterocycles. The first kappa shape index (κ1) is 29.8. The maximum absolute atomic E-state index is 13.7. The van der Waals surface area contributed by atoms with Crippen LogP contribution in [0, 0.1) is 6.92 Å². The largest absolute Gasteiger partial charge is 0.492 e. The van der Waals surface area contributed by atoms with Crippen molar-refractivity contribution in [1.82, 2.24) is 19.9 Å². The van der Waals surface area contributed by atoms with E-state index < -0.39 is 17.6 Å². The van der Waals surface area contributed by atoms with E-state index in [1.54, 1.807) is 62.8 Å². The van der Waals surface area contributed by atoms with E-state index in [4.69, 9.17) is 9.47 Å². The molecule has 12 heteroatoms. The topological polar surface area (TPSA) is 102 Å². The average Bonchev–Trinajstić information content (AvgIpc) is 3.41. The summed E-state index contributed by atoms with van der Waals surface area (Å²) in [5, 5.41) is 5.50. The van der Waals surface area contributed by atoms with E-state index in [9.17, 15) is 18.0 Å². The lowest BCUT2D eigenvalue weighted by atomic mass is 10.1. The third kappa shape index (κ3) is 7.03. The molecule has 1 aliphatic rings. The van der Waals surface area contributed by atoms with Crippen LogP contribution in [0.4, 0.5) is 24.8 Å². The zero-order valence-corrected chi connectivity index (χ0v) is 23.9. The van der Waals surface area contributed by atoms with Crippen molar-refractivity contribution in [2.45, 2.75) is 32.0 Å². The van der Waals surface area contributed by atoms with E-state index in [1.165, 1.54) is 6.07 Å². The number of hydrogen-bond acceptors (Lipinski definition) is 8. The van der Waals surface area contributed by atoms with Crippen molar-refractivity contribution in [3.8, 4) is 28.6 Å². The highest BCUT2D eigenvalue weighted by Crippen LogP contribution is 2.36. The number of nitrogens with one attached hydrogen (secondary N) is 2. The number of amides is 1. The zero-order valence-electron chi connectivity index (χ0n) is 23.9. The molecule has 0 radical (unpaired) electrons. The third-order valence-electron chi connectivity index (χ3n) is 7.27. The number of hydrogen-bond donors (Lipinski definition) is 2. The second-order valence-corrected chi connectivity index (χ2v) is 10.2. The van der Waals surface area contributed by atoms with Crippen LogP contribution in [-0.2, 0) is 6.18 Å². The molecule has 1 aliphatic heterocycles. The summed E-state index contributed by atoms with van der Waals surface area (Å²) in [5.41, 5.74) is 0.941. The van der Waals surface area contributed by atoms with Crippen molar-refractivity contribution in [3.05, 3.63) is 83.7 Å². The lowest BCUT2D eigenvalue weighted by Crippen LogP contribution is -2.30. The molecule has 224 valence electrons. The Labute approximate surface area is 247 Å². The number of carbonyl (C=O) groups excluding carboxylic acids is 1. The van der Waals surface area contributed by atoms with Gasteiger partial charge in [0.05, 0.1) is 16.8 Å². The lowest BCUT2D eigenvalue weighted by Gasteiger charge is -2.20. The number of aromatic nitrogens is 3. The van der Waals surface area contributed by atoms with Crippen LogP contribution < -0.4 is 20.1 Å². The summed E-state index contributed by atoms with van der Waals surface area (Å²) in [6, 6.07) is 13.5. The fourth-order valence-electron chi connectivity index (χ4n) is 4.87. The van der Waals surface area contributed by atoms with E-state index in [0.29, 0.717) is 28.5 Å². The molecule has 5 rings (SSSR count). The Morgan fingerprint density at radius 3 is 2.67 bits per heavy atom. The van der Waals surface area contributed by atoms with Crippen molar-refractivity contribution >= 4 is 17.5 Å². The molecule has 4 aromatic rings. The first-order valence-electron chi connectivity index (χ1n) is 13.7. The van der Waals surface area contributed by atoms with Crippen LogP contribution in [0.15, 0.2) is 67.0 Å². The lowest BCUT2D eigenvalue weighted by molar-refractivity contribution is -0.137. The number of anilines is 2. The highest BCUT2D eigenvalue weighted by molar-refractivity contribution is 6.05. The van der Waals surface area contributed by atoms with Gasteiger partial charge >= 0.3 is 6.18 Å². The molecular weight excluding hydrogens is 561 g/mol. The van der Waals surface area contributed by atoms with Gasteiger partial charge < -0.3 is 25.0 Å². The molecule has 0 bridgehead atoms. The molecule has 2 aromatic carbocycles. The summed E-state index contributed by atoms with van der Waals surface area (Å²) in [7, 11) is 3.67. The monoisotopic (exact) mass is 592 g/mol. The van der Waals surface area contributed by atoms with Gasteiger partial charge in [0.1, 0.15) is 18.1 Å². The van der Waals surface area contributed by atoms with Gasteiger partial charge in [0.15, 0.2) is 0 Å². The normalized spacial score (nSPS) is 15.3. The second-order valence-electron chi connectivity index (χ2n) is 10.2. The van der Waals surface area contributed by atoms with E-state index in [1.807, 2.05) is 7.05 Å². The van der Waals surface area contributed by atoms with Gasteiger partial charge in [0.2, 0.25) is 11.8 Å². The summed E-state index contributed by atoms with van der Waals surface area (Å²) in [6.07, 6.45) is 0.481. The minimum Gasteiger partial charge on any atom is -0.492 e. The Morgan fingerprint density at radius 2 is 1.93 bits per heavy atom. The SMILES string of the molecule is CNc1nccc(-c2cccnc2Oc2cccc(C(=O)Nc3cc(OCC4CCCN4C)cc(C(F)(F)F)c3)c2C)n1. The Balaban J connectivity index is 1.38. The predicted octanol–water partition coefficient (Wildman–Crippen LogP) is 6.43. The van der Waals surface area contributed by atoms with Gasteiger partial charge in [0.25, 0.3) is 5.91 Å². The van der Waals surface area contributed by atoms with Crippen molar-refractivity contribution < 1.29 is 27.4 Å². The number of likely N-dealkylation sites (tertiary alicyclic amines) is 1. The number of carbonyl (C=O) groups is 1. The molecule has 0 aliphatic carbocycles. The molecule has 1 amide bonds. The predicted molar refractivity (Wildman–Crippen MR) is 157 cm³/mol. The third-order valence-corrected chi connectivity index (χ3v) is 7.27. The fourth-order valence-corrected chi connectivity index (χ4v) is 4.87. The van der Waals surface area contributed by atoms with Gasteiger partial charge in [-0.25, -0.2) is 15.0 Å². The number of pyridine rings is 1. The van der Waals surface area contributed by atoms with Gasteiger partial charge in [-0.3, -0.25) is 4.79 Å². The highest BCUT2D eigenvalue weighted by Gasteiger charge is 2.32. The quantitative estimate of drug-likeness (QED) is 0.230. The Bertz CT molecular complexity index is 1610. The standard InChI is InChI=1S/C31H31F3N6O3/c1-19-24(8-4-10-27(19)43-29-25(9-5-12-36-29)26-11-13-37-30(35-2)39-26)28(41)38-21-15-20(31(32,33)34)16-23(17-21)42-18-22-7-6-14-40(22)3/h4-5,8-13,15-17,22H,6-7,14,18H2,1-3H3,(H,38,41)(H,35,37,39). The van der Waals surface area contributed by atoms with Gasteiger partial charge in [-0.15, -0.1) is 0 Å². The van der Waals surface area contributed by atoms with Crippen molar-refractivity contribution in [3.63, 3.8) is 0 Å². The first-order valence-corrected chi connectivity index (χ1v) is 13.7. The minimum atomic E-state index is -4.62. The highest BCUT2D eigenvalue weighted by atomic mass is 19.4. The number of benzene rings is 2. The zero-order chi connectivity index (χ0) is 30.6. The van der Waals surface area contributed by atoms with Crippen molar-refractivity contribution in [2.24, 2.45) is 0 Å². The minimum absolute atomic E-state index is 0.0311. The second kappa shape index (κ2) is 12.7. The molecule has 1 fully saturated rings. The fraction of sp³-hybridized carbons (Fsp3) is 0.290. The number of nitrogens with zero attached hydrogens (tertiary/aromatic N) is 4. The van der Waals surface area contributed by atoms with E-state index in [-0.39, 0.29) is 35.5 Å². The van der Waals surface area contributed by atoms with Crippen LogP contribution in [0.5, 0.6) is 17.4 Å². The summed E-state index contributed by atoms with van der Waals surface area (Å²) < 4.78 is 53.1. The van der Waals surface area contributed by atoms with Crippen molar-refractivity contribution in [1.29, 1.82) is 0 Å². The number of rotatable bonds is 9. The molecule has 3 heterocycles. The Morgan fingerprint density at radius 1 is 1.09 bits per heavy atom. The van der Waals surface area contributed by atoms with E-state index >= 15 is 0 Å². The summed E-state index contributed by atoms with van der Waals surface area (Å²) >= 11 is 0. The van der Waals surface area contributed by atoms with Crippen LogP contribution in [0.25, 0.3) is 11.3 Å². The first-order chi connectivity index (χ1) is 20.6. The van der Waals surface area contributed by atoms with Gasteiger partial charge in [-0.05, 0) is 75.8 Å². The number of likely N-dealkylation sites (N-methyl/N-ethyl adjacent to an activating group) is 1. The molecule has 2 N–H and O–H groups in total. The summed E-state index contributed by atoms with van der Waals surface area (Å²) in [5.74, 6) is 0.476. The summed E-state index contributed by atoms with van der Waals surface area (Å²) in [6.45, 7) is 2.86. The molecular formula is C31H31F3N6O3. The molecule has 1 unspecified atom stereocenters. The Hall–Kier alpha value is -4.71. The molecule has 1 atom stereocenters. The van der Waals surface area contributed by atoms with Crippen LogP contribution in [0.2, 0.25) is 0 Å². The van der Waals surface area contributed by atoms with Crippen LogP contribution in [-0.4, -0.2) is 59.0 Å². The van der Waals surface area contributed by atoms with Crippen LogP contribution in [0.3, 0.4) is 0 Å². The van der Waals surface area contributed by atoms with Gasteiger partial charge in [-0.1, -0.05) is 6.07 Å². The number of ether oxygens (including phenoxy) is 2.